The van der Waals surface area contributed by atoms with Crippen LogP contribution in [0.25, 0.3) is 0 Å². The third kappa shape index (κ3) is 3.19. The summed E-state index contributed by atoms with van der Waals surface area (Å²) in [4.78, 5) is 4.58. The number of rotatable bonds is 5. The van der Waals surface area contributed by atoms with Crippen LogP contribution in [0, 0.1) is 0 Å². The minimum atomic E-state index is 0.350. The number of nitrogens with zero attached hydrogens (tertiary/aromatic N) is 6. The molecule has 1 N–H and O–H groups in total. The number of piperazine rings is 1. The second-order valence-electron chi connectivity index (χ2n) is 5.57. The summed E-state index contributed by atoms with van der Waals surface area (Å²) < 4.78 is 1.88. The van der Waals surface area contributed by atoms with Crippen LogP contribution in [0.2, 0.25) is 0 Å². The predicted octanol–water partition coefficient (Wildman–Crippen LogP) is 1.11. The van der Waals surface area contributed by atoms with Gasteiger partial charge < -0.3 is 10.0 Å². The summed E-state index contributed by atoms with van der Waals surface area (Å²) in [6, 6.07) is 7.51. The van der Waals surface area contributed by atoms with Gasteiger partial charge in [0.15, 0.2) is 5.82 Å². The maximum atomic E-state index is 9.95. The van der Waals surface area contributed by atoms with Crippen molar-refractivity contribution in [3.05, 3.63) is 30.1 Å². The van der Waals surface area contributed by atoms with Crippen LogP contribution in [0.4, 0.5) is 5.69 Å². The monoisotopic (exact) mass is 302 g/mol. The van der Waals surface area contributed by atoms with Crippen molar-refractivity contribution < 1.29 is 5.11 Å². The molecule has 118 valence electrons. The number of hydrogen-bond donors (Lipinski definition) is 1. The average molecular weight is 302 g/mol. The summed E-state index contributed by atoms with van der Waals surface area (Å²) in [6.07, 6.45) is 1.03. The Kier molecular flexibility index (Phi) is 4.53. The number of anilines is 1. The van der Waals surface area contributed by atoms with E-state index in [1.54, 1.807) is 6.07 Å². The Hall–Kier alpha value is -2.15. The predicted molar refractivity (Wildman–Crippen MR) is 83.7 cm³/mol. The summed E-state index contributed by atoms with van der Waals surface area (Å²) in [5, 5.41) is 21.9. The molecule has 0 bridgehead atoms. The lowest BCUT2D eigenvalue weighted by molar-refractivity contribution is 0.238. The lowest BCUT2D eigenvalue weighted by atomic mass is 10.2. The third-order valence-electron chi connectivity index (χ3n) is 4.00. The highest BCUT2D eigenvalue weighted by Gasteiger charge is 2.20. The highest BCUT2D eigenvalue weighted by Crippen LogP contribution is 2.27. The molecular formula is C15H22N6O. The maximum Gasteiger partial charge on any atom is 0.165 e. The van der Waals surface area contributed by atoms with Gasteiger partial charge in [-0.2, -0.15) is 0 Å². The van der Waals surface area contributed by atoms with E-state index in [1.165, 1.54) is 0 Å². The summed E-state index contributed by atoms with van der Waals surface area (Å²) in [5.41, 5.74) is 0.915. The van der Waals surface area contributed by atoms with E-state index >= 15 is 0 Å². The summed E-state index contributed by atoms with van der Waals surface area (Å²) in [7, 11) is 0. The molecule has 0 amide bonds. The first kappa shape index (κ1) is 14.8. The minimum absolute atomic E-state index is 0.350. The van der Waals surface area contributed by atoms with E-state index in [9.17, 15) is 5.11 Å². The van der Waals surface area contributed by atoms with Gasteiger partial charge in [0, 0.05) is 32.7 Å². The molecule has 7 nitrogen and oxygen atoms in total. The number of para-hydroxylation sites is 2. The van der Waals surface area contributed by atoms with Gasteiger partial charge in [-0.25, -0.2) is 4.68 Å². The molecule has 1 aliphatic rings. The summed E-state index contributed by atoms with van der Waals surface area (Å²) in [6.45, 7) is 7.43. The van der Waals surface area contributed by atoms with Gasteiger partial charge in [-0.05, 0) is 29.0 Å². The Morgan fingerprint density at radius 2 is 1.91 bits per heavy atom. The second kappa shape index (κ2) is 6.74. The van der Waals surface area contributed by atoms with Gasteiger partial charge in [0.25, 0.3) is 0 Å². The quantitative estimate of drug-likeness (QED) is 0.892. The van der Waals surface area contributed by atoms with Gasteiger partial charge in [-0.3, -0.25) is 4.90 Å². The Morgan fingerprint density at radius 3 is 2.64 bits per heavy atom. The zero-order valence-corrected chi connectivity index (χ0v) is 12.9. The molecule has 1 aromatic heterocycles. The van der Waals surface area contributed by atoms with Crippen molar-refractivity contribution in [2.75, 3.05) is 31.1 Å². The van der Waals surface area contributed by atoms with Crippen molar-refractivity contribution in [2.45, 2.75) is 26.4 Å². The van der Waals surface area contributed by atoms with Gasteiger partial charge in [-0.15, -0.1) is 5.10 Å². The first-order valence-corrected chi connectivity index (χ1v) is 7.78. The number of phenols is 1. The zero-order valence-electron chi connectivity index (χ0n) is 12.9. The molecule has 0 unspecified atom stereocenters. The Morgan fingerprint density at radius 1 is 1.14 bits per heavy atom. The molecule has 0 spiro atoms. The molecule has 0 atom stereocenters. The van der Waals surface area contributed by atoms with Crippen LogP contribution in [0.3, 0.4) is 0 Å². The normalized spacial score (nSPS) is 16.1. The van der Waals surface area contributed by atoms with E-state index in [0.717, 1.165) is 57.2 Å². The number of aryl methyl sites for hydroxylation is 1. The summed E-state index contributed by atoms with van der Waals surface area (Å²) >= 11 is 0. The fourth-order valence-electron chi connectivity index (χ4n) is 2.80. The highest BCUT2D eigenvalue weighted by molar-refractivity contribution is 5.57. The SMILES string of the molecule is CCCn1nnnc1CN1CCN(c2ccccc2O)CC1. The van der Waals surface area contributed by atoms with Gasteiger partial charge in [0.2, 0.25) is 0 Å². The van der Waals surface area contributed by atoms with Crippen LogP contribution in [-0.4, -0.2) is 56.4 Å². The lowest BCUT2D eigenvalue weighted by Crippen LogP contribution is -2.46. The molecule has 22 heavy (non-hydrogen) atoms. The molecule has 7 heteroatoms. The van der Waals surface area contributed by atoms with E-state index in [1.807, 2.05) is 22.9 Å². The van der Waals surface area contributed by atoms with Crippen molar-refractivity contribution in [2.24, 2.45) is 0 Å². The Bertz CT molecular complexity index is 606. The largest absolute Gasteiger partial charge is 0.506 e. The maximum absolute atomic E-state index is 9.95. The molecule has 3 rings (SSSR count). The van der Waals surface area contributed by atoms with Gasteiger partial charge in [0.1, 0.15) is 5.75 Å². The topological polar surface area (TPSA) is 70.3 Å². The second-order valence-corrected chi connectivity index (χ2v) is 5.57. The van der Waals surface area contributed by atoms with Gasteiger partial charge >= 0.3 is 0 Å². The van der Waals surface area contributed by atoms with Crippen LogP contribution in [0.1, 0.15) is 19.2 Å². The molecule has 0 aliphatic carbocycles. The van der Waals surface area contributed by atoms with E-state index in [2.05, 4.69) is 32.2 Å². The molecular weight excluding hydrogens is 280 g/mol. The fourth-order valence-corrected chi connectivity index (χ4v) is 2.80. The van der Waals surface area contributed by atoms with Crippen molar-refractivity contribution >= 4 is 5.69 Å². The molecule has 1 aromatic carbocycles. The first-order valence-electron chi connectivity index (χ1n) is 7.78. The van der Waals surface area contributed by atoms with Crippen molar-refractivity contribution in [1.29, 1.82) is 0 Å². The van der Waals surface area contributed by atoms with Gasteiger partial charge in [0.05, 0.1) is 12.2 Å². The van der Waals surface area contributed by atoms with Crippen LogP contribution in [-0.2, 0) is 13.1 Å². The fraction of sp³-hybridized carbons (Fsp3) is 0.533. The Balaban J connectivity index is 1.58. The smallest absolute Gasteiger partial charge is 0.165 e. The van der Waals surface area contributed by atoms with Crippen molar-refractivity contribution in [1.82, 2.24) is 25.1 Å². The third-order valence-corrected chi connectivity index (χ3v) is 4.00. The van der Waals surface area contributed by atoms with Crippen LogP contribution in [0.5, 0.6) is 5.75 Å². The minimum Gasteiger partial charge on any atom is -0.506 e. The Labute approximate surface area is 130 Å². The molecule has 2 aromatic rings. The van der Waals surface area contributed by atoms with E-state index in [4.69, 9.17) is 0 Å². The van der Waals surface area contributed by atoms with Crippen LogP contribution < -0.4 is 4.90 Å². The number of phenolic OH excluding ortho intramolecular Hbond substituents is 1. The first-order chi connectivity index (χ1) is 10.8. The molecule has 0 radical (unpaired) electrons. The number of aromatic hydroxyl groups is 1. The van der Waals surface area contributed by atoms with Crippen LogP contribution >= 0.6 is 0 Å². The average Bonchev–Trinajstić information content (AvgIpc) is 2.96. The number of hydrogen-bond acceptors (Lipinski definition) is 6. The lowest BCUT2D eigenvalue weighted by Gasteiger charge is -2.35. The van der Waals surface area contributed by atoms with Gasteiger partial charge in [-0.1, -0.05) is 19.1 Å². The number of tetrazole rings is 1. The van der Waals surface area contributed by atoms with Crippen molar-refractivity contribution in [3.63, 3.8) is 0 Å². The molecule has 1 aliphatic heterocycles. The summed E-state index contributed by atoms with van der Waals surface area (Å²) in [5.74, 6) is 1.28. The molecule has 2 heterocycles. The molecule has 1 fully saturated rings. The van der Waals surface area contributed by atoms with E-state index < -0.39 is 0 Å². The van der Waals surface area contributed by atoms with E-state index in [0.29, 0.717) is 5.75 Å². The number of benzene rings is 1. The standard InChI is InChI=1S/C15H22N6O/c1-2-7-21-15(16-17-18-21)12-19-8-10-20(11-9-19)13-5-3-4-6-14(13)22/h3-6,22H,2,7-12H2,1H3. The number of aromatic nitrogens is 4. The van der Waals surface area contributed by atoms with Crippen LogP contribution in [0.15, 0.2) is 24.3 Å². The highest BCUT2D eigenvalue weighted by atomic mass is 16.3. The molecule has 1 saturated heterocycles. The van der Waals surface area contributed by atoms with Crippen molar-refractivity contribution in [3.8, 4) is 5.75 Å². The zero-order chi connectivity index (χ0) is 15.4. The molecule has 0 saturated carbocycles. The van der Waals surface area contributed by atoms with E-state index in [-0.39, 0.29) is 0 Å².